The maximum absolute atomic E-state index is 14.7. The van der Waals surface area contributed by atoms with Crippen molar-refractivity contribution in [2.24, 2.45) is 0 Å². The SMILES string of the molecule is CN1C(=O)[C@@]23C[C@@]4([C@@]56C[C@]78SS[C@](CO)(C(=O)N7[C@@H]5Nc5ccccc56)N(C)C8=O)c5ccccc5N[C@H]4N2C(=O)[C@@]1(CO)SS3. The first-order chi connectivity index (χ1) is 22.1. The lowest BCUT2D eigenvalue weighted by Gasteiger charge is -2.57. The lowest BCUT2D eigenvalue weighted by Crippen LogP contribution is -2.77. The third kappa shape index (κ3) is 2.48. The minimum atomic E-state index is -1.47. The first-order valence-electron chi connectivity index (χ1n) is 15.0. The zero-order chi connectivity index (χ0) is 31.8. The van der Waals surface area contributed by atoms with Gasteiger partial charge in [0.05, 0.1) is 24.0 Å². The third-order valence-electron chi connectivity index (χ3n) is 12.0. The summed E-state index contributed by atoms with van der Waals surface area (Å²) in [5, 5.41) is 28.6. The fraction of sp³-hybridized carbons (Fsp3) is 0.467. The molecule has 10 heterocycles. The number of amides is 4. The molecule has 10 aliphatic heterocycles. The van der Waals surface area contributed by atoms with Crippen molar-refractivity contribution >= 4 is 78.2 Å². The largest absolute Gasteiger partial charge is 0.392 e. The van der Waals surface area contributed by atoms with Crippen molar-refractivity contribution in [3.05, 3.63) is 59.7 Å². The molecular weight excluding hydrogens is 669 g/mol. The Kier molecular flexibility index (Phi) is 5.08. The van der Waals surface area contributed by atoms with Gasteiger partial charge in [0, 0.05) is 38.3 Å². The van der Waals surface area contributed by atoms with E-state index >= 15 is 0 Å². The lowest BCUT2D eigenvalue weighted by molar-refractivity contribution is -0.166. The highest BCUT2D eigenvalue weighted by atomic mass is 33.1. The van der Waals surface area contributed by atoms with E-state index < -0.39 is 55.9 Å². The van der Waals surface area contributed by atoms with Crippen molar-refractivity contribution in [1.82, 2.24) is 19.6 Å². The molecule has 16 heteroatoms. The number of piperazine rings is 2. The molecule has 8 fully saturated rings. The van der Waals surface area contributed by atoms with E-state index in [1.54, 1.807) is 23.9 Å². The number of carbonyl (C=O) groups is 4. The summed E-state index contributed by atoms with van der Waals surface area (Å²) < 4.78 is 0. The zero-order valence-corrected chi connectivity index (χ0v) is 27.8. The molecule has 0 radical (unpaired) electrons. The van der Waals surface area contributed by atoms with E-state index in [9.17, 15) is 29.4 Å². The third-order valence-corrected chi connectivity index (χ3v) is 19.3. The molecule has 0 aromatic heterocycles. The van der Waals surface area contributed by atoms with Crippen LogP contribution in [0.1, 0.15) is 24.0 Å². The van der Waals surface area contributed by atoms with E-state index in [0.717, 1.165) is 22.5 Å². The molecule has 46 heavy (non-hydrogen) atoms. The standard InChI is InChI=1S/C30H28N6O6S4/c1-33-21(39)27-11-25(15-7-3-5-9-17(15)31-19(25)35(27)23(41)29(33,13-37)45-43-27)26-12-28-22(40)34(2)30(14-38,46-44-28)24(42)36(28)20(26)32-18-10-6-4-8-16(18)26/h3-10,19-20,31-32,37-38H,11-14H2,1-2H3/t19-,20-,25+,26+,27-,28+,29+,30+/m0/s1. The number of likely N-dealkylation sites (N-methyl/N-ethyl adjacent to an activating group) is 2. The molecule has 8 saturated heterocycles. The average molecular weight is 697 g/mol. The summed E-state index contributed by atoms with van der Waals surface area (Å²) in [5.41, 5.74) is 1.45. The molecule has 0 aliphatic carbocycles. The van der Waals surface area contributed by atoms with Gasteiger partial charge in [-0.2, -0.15) is 0 Å². The number of aliphatic hydroxyl groups is 2. The summed E-state index contributed by atoms with van der Waals surface area (Å²) in [7, 11) is 8.28. The number of aliphatic hydroxyl groups excluding tert-OH is 2. The monoisotopic (exact) mass is 696 g/mol. The average Bonchev–Trinajstić information content (AvgIpc) is 3.75. The number of nitrogens with zero attached hydrogens (tertiary/aromatic N) is 4. The maximum Gasteiger partial charge on any atom is 0.265 e. The summed E-state index contributed by atoms with van der Waals surface area (Å²) in [5.74, 6) is -1.19. The van der Waals surface area contributed by atoms with Crippen molar-refractivity contribution in [2.75, 3.05) is 37.9 Å². The van der Waals surface area contributed by atoms with Gasteiger partial charge in [-0.3, -0.25) is 29.0 Å². The number of hydrogen-bond acceptors (Lipinski definition) is 12. The Bertz CT molecular complexity index is 1740. The van der Waals surface area contributed by atoms with Crippen LogP contribution in [0.3, 0.4) is 0 Å². The van der Waals surface area contributed by atoms with Gasteiger partial charge in [-0.25, -0.2) is 0 Å². The molecule has 10 aliphatic rings. The molecule has 2 aromatic rings. The second-order valence-electron chi connectivity index (χ2n) is 13.3. The van der Waals surface area contributed by atoms with Crippen molar-refractivity contribution in [1.29, 1.82) is 0 Å². The Morgan fingerprint density at radius 2 is 1.04 bits per heavy atom. The number of para-hydroxylation sites is 2. The van der Waals surface area contributed by atoms with Crippen molar-refractivity contribution in [2.45, 2.75) is 55.5 Å². The topological polar surface area (TPSA) is 146 Å². The van der Waals surface area contributed by atoms with Crippen LogP contribution in [0.15, 0.2) is 48.5 Å². The van der Waals surface area contributed by atoms with E-state index in [1.165, 1.54) is 53.0 Å². The van der Waals surface area contributed by atoms with Gasteiger partial charge in [0.1, 0.15) is 12.3 Å². The minimum Gasteiger partial charge on any atom is -0.392 e. The molecule has 4 N–H and O–H groups in total. The quantitative estimate of drug-likeness (QED) is 0.344. The van der Waals surface area contributed by atoms with Gasteiger partial charge in [0.2, 0.25) is 9.74 Å². The van der Waals surface area contributed by atoms with Crippen molar-refractivity contribution in [3.8, 4) is 0 Å². The molecule has 2 spiro atoms. The van der Waals surface area contributed by atoms with Crippen LogP contribution in [0, 0.1) is 0 Å². The Morgan fingerprint density at radius 1 is 0.652 bits per heavy atom. The number of benzene rings is 2. The van der Waals surface area contributed by atoms with E-state index in [1.807, 2.05) is 48.5 Å². The summed E-state index contributed by atoms with van der Waals surface area (Å²) in [6, 6.07) is 15.8. The van der Waals surface area contributed by atoms with Gasteiger partial charge in [0.25, 0.3) is 23.6 Å². The molecule has 4 amide bonds. The van der Waals surface area contributed by atoms with Gasteiger partial charge in [-0.15, -0.1) is 0 Å². The molecule has 12 nitrogen and oxygen atoms in total. The highest BCUT2D eigenvalue weighted by molar-refractivity contribution is 8.78. The Hall–Kier alpha value is -2.76. The number of hydrogen-bond donors (Lipinski definition) is 4. The number of rotatable bonds is 3. The first-order valence-corrected chi connectivity index (χ1v) is 19.3. The Morgan fingerprint density at radius 3 is 1.43 bits per heavy atom. The number of nitrogens with one attached hydrogen (secondary N) is 2. The second-order valence-corrected chi connectivity index (χ2v) is 18.7. The second kappa shape index (κ2) is 8.26. The first kappa shape index (κ1) is 28.3. The van der Waals surface area contributed by atoms with Crippen LogP contribution in [0.5, 0.6) is 0 Å². The molecule has 12 rings (SSSR count). The van der Waals surface area contributed by atoms with Crippen LogP contribution in [-0.4, -0.2) is 113 Å². The summed E-state index contributed by atoms with van der Waals surface area (Å²) in [4.78, 5) is 59.0. The molecule has 2 aromatic carbocycles. The molecule has 0 saturated carbocycles. The molecule has 0 unspecified atom stereocenters. The van der Waals surface area contributed by atoms with Crippen LogP contribution in [-0.2, 0) is 30.0 Å². The molecule has 238 valence electrons. The van der Waals surface area contributed by atoms with Crippen LogP contribution in [0.25, 0.3) is 0 Å². The van der Waals surface area contributed by atoms with Gasteiger partial charge < -0.3 is 30.6 Å². The fourth-order valence-corrected chi connectivity index (χ4v) is 17.2. The van der Waals surface area contributed by atoms with E-state index in [4.69, 9.17) is 0 Å². The molecular formula is C30H28N6O6S4. The summed E-state index contributed by atoms with van der Waals surface area (Å²) in [6.45, 7) is -1.07. The van der Waals surface area contributed by atoms with Gasteiger partial charge in [-0.05, 0) is 44.8 Å². The van der Waals surface area contributed by atoms with Crippen LogP contribution in [0.4, 0.5) is 11.4 Å². The van der Waals surface area contributed by atoms with Gasteiger partial charge >= 0.3 is 0 Å². The van der Waals surface area contributed by atoms with Crippen LogP contribution in [0.2, 0.25) is 0 Å². The predicted octanol–water partition coefficient (Wildman–Crippen LogP) is 1.33. The van der Waals surface area contributed by atoms with Gasteiger partial charge in [-0.1, -0.05) is 58.0 Å². The summed E-state index contributed by atoms with van der Waals surface area (Å²) >= 11 is 0. The van der Waals surface area contributed by atoms with Crippen LogP contribution >= 0.6 is 43.2 Å². The smallest absolute Gasteiger partial charge is 0.265 e. The van der Waals surface area contributed by atoms with Crippen molar-refractivity contribution in [3.63, 3.8) is 0 Å². The molecule has 8 atom stereocenters. The zero-order valence-electron chi connectivity index (χ0n) is 24.6. The fourth-order valence-electron chi connectivity index (χ4n) is 9.92. The lowest BCUT2D eigenvalue weighted by atomic mass is 9.54. The molecule has 4 bridgehead atoms. The van der Waals surface area contributed by atoms with Crippen LogP contribution < -0.4 is 10.6 Å². The highest BCUT2D eigenvalue weighted by Crippen LogP contribution is 2.78. The number of anilines is 2. The predicted molar refractivity (Wildman–Crippen MR) is 175 cm³/mol. The number of carbonyl (C=O) groups excluding carboxylic acids is 4. The highest BCUT2D eigenvalue weighted by Gasteiger charge is 2.87. The Balaban J connectivity index is 1.29. The minimum absolute atomic E-state index is 0.223. The van der Waals surface area contributed by atoms with E-state index in [-0.39, 0.29) is 36.5 Å². The number of fused-ring (bicyclic) bond motifs is 11. The Labute approximate surface area is 279 Å². The van der Waals surface area contributed by atoms with Crippen molar-refractivity contribution < 1.29 is 29.4 Å². The van der Waals surface area contributed by atoms with E-state index in [2.05, 4.69) is 10.6 Å². The summed E-state index contributed by atoms with van der Waals surface area (Å²) in [6.07, 6.45) is -1.01. The van der Waals surface area contributed by atoms with E-state index in [0.29, 0.717) is 0 Å². The van der Waals surface area contributed by atoms with Gasteiger partial charge in [0.15, 0.2) is 9.74 Å². The maximum atomic E-state index is 14.7. The normalized spacial score (nSPS) is 43.7.